The van der Waals surface area contributed by atoms with Crippen LogP contribution in [0.4, 0.5) is 0 Å². The molecule has 0 unspecified atom stereocenters. The van der Waals surface area contributed by atoms with Crippen molar-refractivity contribution < 1.29 is 9.53 Å². The van der Waals surface area contributed by atoms with E-state index in [4.69, 9.17) is 5.73 Å². The van der Waals surface area contributed by atoms with Gasteiger partial charge >= 0.3 is 5.97 Å². The van der Waals surface area contributed by atoms with Gasteiger partial charge in [-0.2, -0.15) is 11.8 Å². The van der Waals surface area contributed by atoms with Gasteiger partial charge in [-0.1, -0.05) is 0 Å². The largest absolute Gasteiger partial charge is 0.469 e. The molecule has 0 bridgehead atoms. The summed E-state index contributed by atoms with van der Waals surface area (Å²) in [5, 5.41) is 0. The molecule has 0 spiro atoms. The van der Waals surface area contributed by atoms with Crippen molar-refractivity contribution >= 4 is 30.1 Å². The Bertz CT molecular complexity index is 103. The minimum atomic E-state index is -0.149. The number of carbonyl (C=O) groups excluding carboxylic acids is 1. The fourth-order valence-corrected chi connectivity index (χ4v) is 1.12. The molecule has 0 aliphatic heterocycles. The molecule has 2 N–H and O–H groups in total. The number of hydrogen-bond acceptors (Lipinski definition) is 4. The lowest BCUT2D eigenvalue weighted by Crippen LogP contribution is -2.05. The van der Waals surface area contributed by atoms with E-state index in [1.807, 2.05) is 0 Å². The number of methoxy groups -OCH3 is 1. The van der Waals surface area contributed by atoms with Gasteiger partial charge in [0, 0.05) is 18.1 Å². The Labute approximate surface area is 77.5 Å². The molecule has 0 saturated heterocycles. The highest BCUT2D eigenvalue weighted by Crippen LogP contribution is 2.00. The van der Waals surface area contributed by atoms with Crippen LogP contribution in [0.3, 0.4) is 0 Å². The van der Waals surface area contributed by atoms with Crippen molar-refractivity contribution in [2.24, 2.45) is 5.73 Å². The molecule has 0 aliphatic carbocycles. The van der Waals surface area contributed by atoms with Gasteiger partial charge in [-0.15, -0.1) is 12.4 Å². The van der Waals surface area contributed by atoms with Crippen LogP contribution in [0, 0.1) is 0 Å². The third-order valence-corrected chi connectivity index (χ3v) is 1.96. The number of halogens is 1. The Hall–Kier alpha value is 0.0700. The zero-order valence-electron chi connectivity index (χ0n) is 6.54. The molecule has 0 radical (unpaired) electrons. The van der Waals surface area contributed by atoms with Crippen LogP contribution < -0.4 is 5.73 Å². The van der Waals surface area contributed by atoms with E-state index >= 15 is 0 Å². The van der Waals surface area contributed by atoms with E-state index in [1.165, 1.54) is 7.11 Å². The topological polar surface area (TPSA) is 52.3 Å². The van der Waals surface area contributed by atoms with Crippen LogP contribution in [0.2, 0.25) is 0 Å². The molecular formula is C6H14ClNO2S. The molecular weight excluding hydrogens is 186 g/mol. The monoisotopic (exact) mass is 199 g/mol. The number of ether oxygens (including phenoxy) is 1. The fraction of sp³-hybridized carbons (Fsp3) is 0.833. The number of carbonyl (C=O) groups is 1. The molecule has 0 aromatic carbocycles. The number of rotatable bonds is 5. The number of nitrogens with two attached hydrogens (primary N) is 1. The molecule has 0 fully saturated rings. The second kappa shape index (κ2) is 10.1. The number of esters is 1. The van der Waals surface area contributed by atoms with Gasteiger partial charge in [0.05, 0.1) is 13.5 Å². The minimum Gasteiger partial charge on any atom is -0.469 e. The predicted octanol–water partition coefficient (Wildman–Crippen LogP) is 0.663. The smallest absolute Gasteiger partial charge is 0.306 e. The summed E-state index contributed by atoms with van der Waals surface area (Å²) in [6, 6.07) is 0. The lowest BCUT2D eigenvalue weighted by atomic mass is 10.5. The molecule has 3 nitrogen and oxygen atoms in total. The minimum absolute atomic E-state index is 0. The Morgan fingerprint density at radius 3 is 2.64 bits per heavy atom. The average molecular weight is 200 g/mol. The molecule has 0 saturated carbocycles. The second-order valence-electron chi connectivity index (χ2n) is 1.73. The van der Waals surface area contributed by atoms with E-state index in [-0.39, 0.29) is 18.4 Å². The number of thioether (sulfide) groups is 1. The average Bonchev–Trinajstić information content (AvgIpc) is 1.98. The van der Waals surface area contributed by atoms with Crippen LogP contribution in [-0.4, -0.2) is 31.1 Å². The van der Waals surface area contributed by atoms with Crippen molar-refractivity contribution in [1.82, 2.24) is 0 Å². The van der Waals surface area contributed by atoms with Crippen LogP contribution in [0.25, 0.3) is 0 Å². The molecule has 0 atom stereocenters. The summed E-state index contributed by atoms with van der Waals surface area (Å²) >= 11 is 1.67. The summed E-state index contributed by atoms with van der Waals surface area (Å²) in [6.45, 7) is 0.672. The van der Waals surface area contributed by atoms with Crippen molar-refractivity contribution in [2.45, 2.75) is 6.42 Å². The Morgan fingerprint density at radius 2 is 2.18 bits per heavy atom. The van der Waals surface area contributed by atoms with E-state index in [2.05, 4.69) is 4.74 Å². The normalized spacial score (nSPS) is 8.55. The molecule has 0 rings (SSSR count). The highest BCUT2D eigenvalue weighted by atomic mass is 35.5. The summed E-state index contributed by atoms with van der Waals surface area (Å²) in [5.74, 6) is 1.57. The summed E-state index contributed by atoms with van der Waals surface area (Å²) in [6.07, 6.45) is 0.487. The van der Waals surface area contributed by atoms with Gasteiger partial charge in [-0.05, 0) is 0 Å². The zero-order chi connectivity index (χ0) is 7.82. The van der Waals surface area contributed by atoms with E-state index in [0.717, 1.165) is 11.5 Å². The van der Waals surface area contributed by atoms with E-state index in [9.17, 15) is 4.79 Å². The van der Waals surface area contributed by atoms with Crippen LogP contribution in [-0.2, 0) is 9.53 Å². The fourth-order valence-electron chi connectivity index (χ4n) is 0.443. The highest BCUT2D eigenvalue weighted by molar-refractivity contribution is 7.99. The SMILES string of the molecule is COC(=O)CCSCCN.Cl. The van der Waals surface area contributed by atoms with Crippen molar-refractivity contribution in [3.8, 4) is 0 Å². The summed E-state index contributed by atoms with van der Waals surface area (Å²) in [5.41, 5.74) is 5.24. The number of hydrogen-bond donors (Lipinski definition) is 1. The Morgan fingerprint density at radius 1 is 1.55 bits per heavy atom. The molecule has 0 aliphatic rings. The predicted molar refractivity (Wildman–Crippen MR) is 50.3 cm³/mol. The highest BCUT2D eigenvalue weighted by Gasteiger charge is 1.97. The summed E-state index contributed by atoms with van der Waals surface area (Å²) < 4.78 is 4.45. The van der Waals surface area contributed by atoms with Crippen molar-refractivity contribution in [3.05, 3.63) is 0 Å². The maximum absolute atomic E-state index is 10.5. The molecule has 0 amide bonds. The quantitative estimate of drug-likeness (QED) is 0.522. The van der Waals surface area contributed by atoms with Crippen LogP contribution in [0.15, 0.2) is 0 Å². The van der Waals surface area contributed by atoms with Gasteiger partial charge in [0.2, 0.25) is 0 Å². The van der Waals surface area contributed by atoms with Gasteiger partial charge in [-0.3, -0.25) is 4.79 Å². The first kappa shape index (κ1) is 13.6. The third-order valence-electron chi connectivity index (χ3n) is 0.940. The van der Waals surface area contributed by atoms with Crippen LogP contribution in [0.5, 0.6) is 0 Å². The standard InChI is InChI=1S/C6H13NO2S.ClH/c1-9-6(8)2-4-10-5-3-7;/h2-5,7H2,1H3;1H. The molecule has 0 aromatic heterocycles. The van der Waals surface area contributed by atoms with Crippen LogP contribution >= 0.6 is 24.2 Å². The third kappa shape index (κ3) is 10.1. The molecule has 5 heteroatoms. The maximum Gasteiger partial charge on any atom is 0.306 e. The molecule has 68 valence electrons. The summed E-state index contributed by atoms with van der Waals surface area (Å²) in [7, 11) is 1.40. The van der Waals surface area contributed by atoms with E-state index in [0.29, 0.717) is 13.0 Å². The van der Waals surface area contributed by atoms with Gasteiger partial charge in [0.25, 0.3) is 0 Å². The molecule has 0 aromatic rings. The first-order chi connectivity index (χ1) is 4.81. The van der Waals surface area contributed by atoms with Gasteiger partial charge in [0.1, 0.15) is 0 Å². The van der Waals surface area contributed by atoms with Crippen molar-refractivity contribution in [2.75, 3.05) is 25.2 Å². The van der Waals surface area contributed by atoms with E-state index in [1.54, 1.807) is 11.8 Å². The van der Waals surface area contributed by atoms with Gasteiger partial charge in [-0.25, -0.2) is 0 Å². The summed E-state index contributed by atoms with van der Waals surface area (Å²) in [4.78, 5) is 10.5. The van der Waals surface area contributed by atoms with Crippen molar-refractivity contribution in [1.29, 1.82) is 0 Å². The first-order valence-electron chi connectivity index (χ1n) is 3.16. The van der Waals surface area contributed by atoms with Gasteiger partial charge < -0.3 is 10.5 Å². The lowest BCUT2D eigenvalue weighted by molar-refractivity contribution is -0.140. The van der Waals surface area contributed by atoms with E-state index < -0.39 is 0 Å². The zero-order valence-corrected chi connectivity index (χ0v) is 8.17. The van der Waals surface area contributed by atoms with Gasteiger partial charge in [0.15, 0.2) is 0 Å². The maximum atomic E-state index is 10.5. The molecule has 11 heavy (non-hydrogen) atoms. The van der Waals surface area contributed by atoms with Crippen molar-refractivity contribution in [3.63, 3.8) is 0 Å². The second-order valence-corrected chi connectivity index (χ2v) is 2.95. The Kier molecular flexibility index (Phi) is 12.5. The molecule has 0 heterocycles. The lowest BCUT2D eigenvalue weighted by Gasteiger charge is -1.97. The first-order valence-corrected chi connectivity index (χ1v) is 4.31. The van der Waals surface area contributed by atoms with Crippen LogP contribution in [0.1, 0.15) is 6.42 Å². The Balaban J connectivity index is 0.